The number of carbonyl (C=O) groups is 1. The number of ether oxygens (including phenoxy) is 3. The zero-order chi connectivity index (χ0) is 20.8. The summed E-state index contributed by atoms with van der Waals surface area (Å²) in [4.78, 5) is 11.8. The summed E-state index contributed by atoms with van der Waals surface area (Å²) < 4.78 is 16.0. The molecule has 0 heterocycles. The Hall–Kier alpha value is -3.73. The quantitative estimate of drug-likeness (QED) is 0.456. The number of rotatable bonds is 7. The molecule has 0 aliphatic rings. The third-order valence-electron chi connectivity index (χ3n) is 4.52. The van der Waals surface area contributed by atoms with Crippen LogP contribution in [-0.4, -0.2) is 27.3 Å². The van der Waals surface area contributed by atoms with E-state index in [1.165, 1.54) is 27.4 Å². The Morgan fingerprint density at radius 2 is 1.34 bits per heavy atom. The van der Waals surface area contributed by atoms with Crippen LogP contribution in [0.5, 0.6) is 17.2 Å². The fourth-order valence-electron chi connectivity index (χ4n) is 3.08. The van der Waals surface area contributed by atoms with Crippen LogP contribution in [0.4, 0.5) is 0 Å². The second kappa shape index (κ2) is 8.97. The van der Waals surface area contributed by atoms with E-state index in [0.29, 0.717) is 28.4 Å². The van der Waals surface area contributed by atoms with Crippen LogP contribution in [0, 0.1) is 0 Å². The lowest BCUT2D eigenvalue weighted by atomic mass is 9.98. The van der Waals surface area contributed by atoms with Gasteiger partial charge in [-0.1, -0.05) is 54.6 Å². The number of hydrogen-bond donors (Lipinski definition) is 0. The highest BCUT2D eigenvalue weighted by Gasteiger charge is 2.13. The van der Waals surface area contributed by atoms with Gasteiger partial charge in [-0.3, -0.25) is 0 Å². The Balaban J connectivity index is 2.02. The second-order valence-electron chi connectivity index (χ2n) is 6.25. The topological polar surface area (TPSA) is 67.8 Å². The number of carboxylic acid groups (broad SMARTS) is 1. The minimum Gasteiger partial charge on any atom is -0.545 e. The van der Waals surface area contributed by atoms with Crippen molar-refractivity contribution in [3.63, 3.8) is 0 Å². The van der Waals surface area contributed by atoms with Gasteiger partial charge >= 0.3 is 0 Å². The van der Waals surface area contributed by atoms with Crippen molar-refractivity contribution in [3.8, 4) is 28.4 Å². The van der Waals surface area contributed by atoms with Crippen LogP contribution < -0.4 is 19.3 Å². The van der Waals surface area contributed by atoms with Gasteiger partial charge in [-0.05, 0) is 40.5 Å². The molecule has 148 valence electrons. The molecule has 0 saturated carbocycles. The fourth-order valence-corrected chi connectivity index (χ4v) is 3.08. The highest BCUT2D eigenvalue weighted by Crippen LogP contribution is 2.39. The molecule has 0 radical (unpaired) electrons. The Morgan fingerprint density at radius 1 is 0.793 bits per heavy atom. The van der Waals surface area contributed by atoms with Crippen molar-refractivity contribution in [2.75, 3.05) is 21.3 Å². The molecule has 0 saturated heterocycles. The lowest BCUT2D eigenvalue weighted by Gasteiger charge is -2.14. The molecule has 5 nitrogen and oxygen atoms in total. The van der Waals surface area contributed by atoms with Gasteiger partial charge in [0.1, 0.15) is 0 Å². The molecular formula is C24H21O5-. The average Bonchev–Trinajstić information content (AvgIpc) is 2.77. The predicted molar refractivity (Wildman–Crippen MR) is 111 cm³/mol. The summed E-state index contributed by atoms with van der Waals surface area (Å²) in [6, 6.07) is 20.5. The van der Waals surface area contributed by atoms with Crippen LogP contribution in [0.3, 0.4) is 0 Å². The second-order valence-corrected chi connectivity index (χ2v) is 6.25. The molecule has 3 aromatic carbocycles. The molecule has 0 N–H and O–H groups in total. The van der Waals surface area contributed by atoms with E-state index < -0.39 is 5.97 Å². The van der Waals surface area contributed by atoms with Crippen LogP contribution in [0.15, 0.2) is 66.7 Å². The van der Waals surface area contributed by atoms with E-state index >= 15 is 0 Å². The molecule has 0 bridgehead atoms. The third-order valence-corrected chi connectivity index (χ3v) is 4.52. The van der Waals surface area contributed by atoms with Crippen molar-refractivity contribution in [1.29, 1.82) is 0 Å². The van der Waals surface area contributed by atoms with Gasteiger partial charge in [0.15, 0.2) is 11.5 Å². The number of carboxylic acids is 1. The van der Waals surface area contributed by atoms with Gasteiger partial charge in [-0.15, -0.1) is 0 Å². The molecule has 0 spiro atoms. The zero-order valence-electron chi connectivity index (χ0n) is 16.5. The monoisotopic (exact) mass is 389 g/mol. The minimum absolute atomic E-state index is 0.0545. The first-order valence-electron chi connectivity index (χ1n) is 8.96. The van der Waals surface area contributed by atoms with Crippen molar-refractivity contribution in [2.24, 2.45) is 0 Å². The molecule has 0 atom stereocenters. The number of methoxy groups -OCH3 is 3. The summed E-state index contributed by atoms with van der Waals surface area (Å²) in [6.45, 7) is 0. The Bertz CT molecular complexity index is 996. The van der Waals surface area contributed by atoms with E-state index in [1.54, 1.807) is 24.3 Å². The third kappa shape index (κ3) is 4.41. The first-order valence-corrected chi connectivity index (χ1v) is 8.96. The average molecular weight is 389 g/mol. The first-order chi connectivity index (χ1) is 14.1. The maximum Gasteiger partial charge on any atom is 0.203 e. The lowest BCUT2D eigenvalue weighted by Crippen LogP contribution is -2.23. The largest absolute Gasteiger partial charge is 0.545 e. The molecule has 0 aromatic heterocycles. The van der Waals surface area contributed by atoms with Gasteiger partial charge in [0.2, 0.25) is 5.75 Å². The molecular weight excluding hydrogens is 368 g/mol. The van der Waals surface area contributed by atoms with Gasteiger partial charge in [0, 0.05) is 5.57 Å². The van der Waals surface area contributed by atoms with Crippen molar-refractivity contribution < 1.29 is 24.1 Å². The van der Waals surface area contributed by atoms with Gasteiger partial charge in [0.25, 0.3) is 0 Å². The van der Waals surface area contributed by atoms with Crippen LogP contribution in [-0.2, 0) is 4.79 Å². The van der Waals surface area contributed by atoms with Gasteiger partial charge in [-0.25, -0.2) is 0 Å². The first kappa shape index (κ1) is 20.0. The predicted octanol–water partition coefficient (Wildman–Crippen LogP) is 3.67. The van der Waals surface area contributed by atoms with Crippen LogP contribution >= 0.6 is 0 Å². The molecule has 0 fully saturated rings. The van der Waals surface area contributed by atoms with E-state index in [4.69, 9.17) is 14.2 Å². The molecule has 0 amide bonds. The summed E-state index contributed by atoms with van der Waals surface area (Å²) in [7, 11) is 4.52. The minimum atomic E-state index is -1.27. The molecule has 3 aromatic rings. The van der Waals surface area contributed by atoms with Crippen molar-refractivity contribution in [3.05, 3.63) is 77.9 Å². The zero-order valence-corrected chi connectivity index (χ0v) is 16.5. The van der Waals surface area contributed by atoms with Crippen LogP contribution in [0.1, 0.15) is 11.1 Å². The highest BCUT2D eigenvalue weighted by molar-refractivity contribution is 6.19. The smallest absolute Gasteiger partial charge is 0.203 e. The SMILES string of the molecule is COc1cc(/C=C(\C(=O)[O-])c2ccc(-c3ccccc3)cc2)cc(OC)c1OC. The van der Waals surface area contributed by atoms with E-state index in [-0.39, 0.29) is 5.57 Å². The van der Waals surface area contributed by atoms with E-state index in [2.05, 4.69) is 0 Å². The van der Waals surface area contributed by atoms with Crippen molar-refractivity contribution in [1.82, 2.24) is 0 Å². The maximum atomic E-state index is 11.8. The van der Waals surface area contributed by atoms with E-state index in [0.717, 1.165) is 11.1 Å². The molecule has 3 rings (SSSR count). The standard InChI is InChI=1S/C24H22O5/c1-27-21-14-16(15-22(28-2)23(21)29-3)13-20(24(25)26)19-11-9-18(10-12-19)17-7-5-4-6-8-17/h4-15H,1-3H3,(H,25,26)/p-1/b20-13-. The van der Waals surface area contributed by atoms with Crippen molar-refractivity contribution >= 4 is 17.6 Å². The summed E-state index contributed by atoms with van der Waals surface area (Å²) in [6.07, 6.45) is 1.53. The summed E-state index contributed by atoms with van der Waals surface area (Å²) >= 11 is 0. The fraction of sp³-hybridized carbons (Fsp3) is 0.125. The van der Waals surface area contributed by atoms with Gasteiger partial charge in [-0.2, -0.15) is 0 Å². The molecule has 0 unspecified atom stereocenters. The Morgan fingerprint density at radius 3 is 1.83 bits per heavy atom. The number of hydrogen-bond acceptors (Lipinski definition) is 5. The number of carbonyl (C=O) groups excluding carboxylic acids is 1. The van der Waals surface area contributed by atoms with Crippen LogP contribution in [0.2, 0.25) is 0 Å². The molecule has 0 aliphatic heterocycles. The normalized spacial score (nSPS) is 11.1. The van der Waals surface area contributed by atoms with Gasteiger partial charge in [0.05, 0.1) is 27.3 Å². The number of aliphatic carboxylic acids is 1. The summed E-state index contributed by atoms with van der Waals surface area (Å²) in [5.74, 6) is 0.0472. The number of benzene rings is 3. The van der Waals surface area contributed by atoms with E-state index in [1.807, 2.05) is 42.5 Å². The van der Waals surface area contributed by atoms with Crippen molar-refractivity contribution in [2.45, 2.75) is 0 Å². The molecule has 29 heavy (non-hydrogen) atoms. The summed E-state index contributed by atoms with van der Waals surface area (Å²) in [5, 5.41) is 11.8. The Labute approximate surface area is 169 Å². The highest BCUT2D eigenvalue weighted by atomic mass is 16.5. The van der Waals surface area contributed by atoms with Gasteiger partial charge < -0.3 is 24.1 Å². The molecule has 0 aliphatic carbocycles. The Kier molecular flexibility index (Phi) is 6.19. The maximum absolute atomic E-state index is 11.8. The van der Waals surface area contributed by atoms with Crippen LogP contribution in [0.25, 0.3) is 22.8 Å². The molecule has 5 heteroatoms. The summed E-state index contributed by atoms with van der Waals surface area (Å²) in [5.41, 5.74) is 3.24. The lowest BCUT2D eigenvalue weighted by molar-refractivity contribution is -0.295. The van der Waals surface area contributed by atoms with E-state index in [9.17, 15) is 9.90 Å².